The molecule has 2 aromatic rings. The number of amides is 1. The molecule has 2 aromatic carbocycles. The Hall–Kier alpha value is -2.16. The predicted molar refractivity (Wildman–Crippen MR) is 91.2 cm³/mol. The van der Waals surface area contributed by atoms with Gasteiger partial charge in [-0.05, 0) is 30.3 Å². The summed E-state index contributed by atoms with van der Waals surface area (Å²) in [5.74, 6) is 1.09. The highest BCUT2D eigenvalue weighted by molar-refractivity contribution is 7.99. The van der Waals surface area contributed by atoms with Gasteiger partial charge in [0.15, 0.2) is 6.61 Å². The van der Waals surface area contributed by atoms with Gasteiger partial charge in [-0.2, -0.15) is 5.26 Å². The lowest BCUT2D eigenvalue weighted by atomic mass is 10.2. The fourth-order valence-corrected chi connectivity index (χ4v) is 3.49. The van der Waals surface area contributed by atoms with Crippen LogP contribution in [0.3, 0.4) is 0 Å². The van der Waals surface area contributed by atoms with Gasteiger partial charge in [0.2, 0.25) is 0 Å². The molecule has 3 rings (SSSR count). The minimum atomic E-state index is -0.151. The standard InChI is InChI=1S/C17H13ClN2O2S/c18-13-5-6-16-14(9-13)20(7-8-23-16)17(21)11-22-15-4-2-1-3-12(15)10-19/h1-6,9H,7-8,11H2. The first kappa shape index (κ1) is 15.7. The van der Waals surface area contributed by atoms with Crippen LogP contribution in [-0.4, -0.2) is 24.8 Å². The highest BCUT2D eigenvalue weighted by atomic mass is 35.5. The summed E-state index contributed by atoms with van der Waals surface area (Å²) in [6.07, 6.45) is 0. The van der Waals surface area contributed by atoms with Crippen molar-refractivity contribution < 1.29 is 9.53 Å². The third kappa shape index (κ3) is 3.44. The van der Waals surface area contributed by atoms with Gasteiger partial charge in [0, 0.05) is 22.2 Å². The Labute approximate surface area is 143 Å². The fraction of sp³-hybridized carbons (Fsp3) is 0.176. The number of benzene rings is 2. The first-order valence-corrected chi connectivity index (χ1v) is 8.40. The van der Waals surface area contributed by atoms with Crippen molar-refractivity contribution in [2.45, 2.75) is 4.90 Å². The van der Waals surface area contributed by atoms with Crippen LogP contribution in [0, 0.1) is 11.3 Å². The molecule has 1 aliphatic rings. The number of carbonyl (C=O) groups is 1. The number of anilines is 1. The third-order valence-electron chi connectivity index (χ3n) is 3.44. The number of nitriles is 1. The van der Waals surface area contributed by atoms with Gasteiger partial charge < -0.3 is 9.64 Å². The molecule has 0 radical (unpaired) electrons. The van der Waals surface area contributed by atoms with Crippen molar-refractivity contribution in [1.82, 2.24) is 0 Å². The summed E-state index contributed by atoms with van der Waals surface area (Å²) in [6, 6.07) is 14.5. The molecular weight excluding hydrogens is 332 g/mol. The number of hydrogen-bond acceptors (Lipinski definition) is 4. The molecule has 23 heavy (non-hydrogen) atoms. The Morgan fingerprint density at radius 1 is 1.35 bits per heavy atom. The molecule has 0 saturated carbocycles. The summed E-state index contributed by atoms with van der Waals surface area (Å²) in [6.45, 7) is 0.495. The number of fused-ring (bicyclic) bond motifs is 1. The zero-order valence-electron chi connectivity index (χ0n) is 12.2. The molecule has 1 heterocycles. The average molecular weight is 345 g/mol. The van der Waals surface area contributed by atoms with Crippen LogP contribution in [0.4, 0.5) is 5.69 Å². The summed E-state index contributed by atoms with van der Waals surface area (Å²) in [7, 11) is 0. The molecule has 6 heteroatoms. The van der Waals surface area contributed by atoms with Gasteiger partial charge in [-0.1, -0.05) is 23.7 Å². The van der Waals surface area contributed by atoms with E-state index in [4.69, 9.17) is 21.6 Å². The molecule has 0 bridgehead atoms. The van der Waals surface area contributed by atoms with Gasteiger partial charge in [0.1, 0.15) is 11.8 Å². The average Bonchev–Trinajstić information content (AvgIpc) is 2.59. The first-order valence-electron chi connectivity index (χ1n) is 7.03. The Bertz CT molecular complexity index is 788. The monoisotopic (exact) mass is 344 g/mol. The van der Waals surface area contributed by atoms with E-state index in [0.717, 1.165) is 16.3 Å². The first-order chi connectivity index (χ1) is 11.2. The highest BCUT2D eigenvalue weighted by Gasteiger charge is 2.23. The molecule has 0 spiro atoms. The van der Waals surface area contributed by atoms with Crippen molar-refractivity contribution in [2.75, 3.05) is 23.8 Å². The topological polar surface area (TPSA) is 53.3 Å². The van der Waals surface area contributed by atoms with E-state index in [1.54, 1.807) is 47.0 Å². The maximum absolute atomic E-state index is 12.5. The van der Waals surface area contributed by atoms with E-state index in [1.807, 2.05) is 12.1 Å². The van der Waals surface area contributed by atoms with E-state index in [1.165, 1.54) is 0 Å². The van der Waals surface area contributed by atoms with Gasteiger partial charge in [-0.25, -0.2) is 0 Å². The van der Waals surface area contributed by atoms with Crippen LogP contribution in [-0.2, 0) is 4.79 Å². The second-order valence-corrected chi connectivity index (χ2v) is 6.48. The lowest BCUT2D eigenvalue weighted by Crippen LogP contribution is -2.38. The number of thioether (sulfide) groups is 1. The van der Waals surface area contributed by atoms with E-state index >= 15 is 0 Å². The van der Waals surface area contributed by atoms with Crippen molar-refractivity contribution in [3.63, 3.8) is 0 Å². The van der Waals surface area contributed by atoms with Crippen LogP contribution >= 0.6 is 23.4 Å². The number of carbonyl (C=O) groups excluding carboxylic acids is 1. The highest BCUT2D eigenvalue weighted by Crippen LogP contribution is 2.36. The molecule has 0 saturated heterocycles. The second-order valence-electron chi connectivity index (χ2n) is 4.90. The van der Waals surface area contributed by atoms with Crippen molar-refractivity contribution in [2.24, 2.45) is 0 Å². The number of halogens is 1. The van der Waals surface area contributed by atoms with Crippen molar-refractivity contribution >= 4 is 35.0 Å². The molecule has 1 amide bonds. The number of rotatable bonds is 3. The Balaban J connectivity index is 1.75. The lowest BCUT2D eigenvalue weighted by molar-refractivity contribution is -0.120. The predicted octanol–water partition coefficient (Wildman–Crippen LogP) is 3.73. The molecule has 0 aliphatic carbocycles. The van der Waals surface area contributed by atoms with Crippen LogP contribution in [0.5, 0.6) is 5.75 Å². The minimum absolute atomic E-state index is 0.116. The van der Waals surface area contributed by atoms with E-state index < -0.39 is 0 Å². The Morgan fingerprint density at radius 2 is 2.17 bits per heavy atom. The van der Waals surface area contributed by atoms with Gasteiger partial charge >= 0.3 is 0 Å². The van der Waals surface area contributed by atoms with Crippen LogP contribution in [0.1, 0.15) is 5.56 Å². The minimum Gasteiger partial charge on any atom is -0.482 e. The Kier molecular flexibility index (Phi) is 4.75. The van der Waals surface area contributed by atoms with Crippen molar-refractivity contribution in [1.29, 1.82) is 5.26 Å². The summed E-state index contributed by atoms with van der Waals surface area (Å²) >= 11 is 7.75. The van der Waals surface area contributed by atoms with E-state index in [2.05, 4.69) is 6.07 Å². The molecule has 0 fully saturated rings. The van der Waals surface area contributed by atoms with E-state index in [0.29, 0.717) is 22.9 Å². The molecule has 1 aliphatic heterocycles. The summed E-state index contributed by atoms with van der Waals surface area (Å²) in [4.78, 5) is 15.2. The summed E-state index contributed by atoms with van der Waals surface area (Å²) in [5, 5.41) is 9.65. The zero-order valence-corrected chi connectivity index (χ0v) is 13.7. The molecule has 0 atom stereocenters. The van der Waals surface area contributed by atoms with Gasteiger partial charge in [-0.3, -0.25) is 4.79 Å². The molecule has 0 unspecified atom stereocenters. The largest absolute Gasteiger partial charge is 0.482 e. The van der Waals surface area contributed by atoms with Gasteiger partial charge in [0.25, 0.3) is 5.91 Å². The molecule has 0 N–H and O–H groups in total. The quantitative estimate of drug-likeness (QED) is 0.851. The normalized spacial score (nSPS) is 13.1. The summed E-state index contributed by atoms with van der Waals surface area (Å²) < 4.78 is 5.53. The zero-order chi connectivity index (χ0) is 16.2. The maximum Gasteiger partial charge on any atom is 0.264 e. The maximum atomic E-state index is 12.5. The van der Waals surface area contributed by atoms with E-state index in [9.17, 15) is 4.79 Å². The molecule has 4 nitrogen and oxygen atoms in total. The number of ether oxygens (including phenoxy) is 1. The fourth-order valence-electron chi connectivity index (χ4n) is 2.35. The smallest absolute Gasteiger partial charge is 0.264 e. The van der Waals surface area contributed by atoms with Crippen LogP contribution in [0.2, 0.25) is 5.02 Å². The lowest BCUT2D eigenvalue weighted by Gasteiger charge is -2.29. The number of para-hydroxylation sites is 1. The molecule has 0 aromatic heterocycles. The molecule has 116 valence electrons. The van der Waals surface area contributed by atoms with Crippen molar-refractivity contribution in [3.8, 4) is 11.8 Å². The van der Waals surface area contributed by atoms with Crippen molar-refractivity contribution in [3.05, 3.63) is 53.1 Å². The van der Waals surface area contributed by atoms with Crippen LogP contribution in [0.15, 0.2) is 47.4 Å². The van der Waals surface area contributed by atoms with Gasteiger partial charge in [-0.15, -0.1) is 11.8 Å². The molecular formula is C17H13ClN2O2S. The second kappa shape index (κ2) is 6.95. The van der Waals surface area contributed by atoms with Crippen LogP contribution in [0.25, 0.3) is 0 Å². The van der Waals surface area contributed by atoms with Gasteiger partial charge in [0.05, 0.1) is 11.3 Å². The third-order valence-corrected chi connectivity index (χ3v) is 4.72. The Morgan fingerprint density at radius 3 is 3.00 bits per heavy atom. The SMILES string of the molecule is N#Cc1ccccc1OCC(=O)N1CCSc2ccc(Cl)cc21. The number of hydrogen-bond donors (Lipinski definition) is 0. The van der Waals surface area contributed by atoms with Crippen LogP contribution < -0.4 is 9.64 Å². The summed E-state index contributed by atoms with van der Waals surface area (Å²) in [5.41, 5.74) is 1.23. The number of nitrogens with zero attached hydrogens (tertiary/aromatic N) is 2. The van der Waals surface area contributed by atoms with E-state index in [-0.39, 0.29) is 12.5 Å².